The number of para-hydroxylation sites is 1. The fourth-order valence-electron chi connectivity index (χ4n) is 4.46. The Morgan fingerprint density at radius 1 is 0.724 bits per heavy atom. The van der Waals surface area contributed by atoms with E-state index in [0.717, 1.165) is 11.4 Å². The van der Waals surface area contributed by atoms with Gasteiger partial charge in [0.05, 0.1) is 17.6 Å². The van der Waals surface area contributed by atoms with E-state index in [1.54, 1.807) is 0 Å². The summed E-state index contributed by atoms with van der Waals surface area (Å²) in [6.07, 6.45) is 6.56. The van der Waals surface area contributed by atoms with Gasteiger partial charge in [0.25, 0.3) is 0 Å². The molecular formula is C26H29N3. The molecule has 4 rings (SSSR count). The molecule has 0 aliphatic carbocycles. The molecule has 1 aliphatic rings. The van der Waals surface area contributed by atoms with Crippen LogP contribution in [-0.4, -0.2) is 11.1 Å². The van der Waals surface area contributed by atoms with Crippen molar-refractivity contribution in [1.29, 1.82) is 0 Å². The maximum Gasteiger partial charge on any atom is 0.107 e. The Morgan fingerprint density at radius 2 is 1.28 bits per heavy atom. The highest BCUT2D eigenvalue weighted by molar-refractivity contribution is 5.72. The molecule has 0 unspecified atom stereocenters. The molecule has 0 fully saturated rings. The lowest BCUT2D eigenvalue weighted by molar-refractivity contribution is 0.743. The van der Waals surface area contributed by atoms with Gasteiger partial charge in [-0.2, -0.15) is 0 Å². The zero-order chi connectivity index (χ0) is 20.7. The Balaban J connectivity index is 1.68. The number of hydrogen-bond acceptors (Lipinski definition) is 3. The predicted molar refractivity (Wildman–Crippen MR) is 123 cm³/mol. The van der Waals surface area contributed by atoms with Gasteiger partial charge in [0.2, 0.25) is 0 Å². The van der Waals surface area contributed by atoms with Gasteiger partial charge in [-0.1, -0.05) is 36.4 Å². The van der Waals surface area contributed by atoms with Gasteiger partial charge < -0.3 is 9.80 Å². The highest BCUT2D eigenvalue weighted by Gasteiger charge is 2.27. The third kappa shape index (κ3) is 3.31. The van der Waals surface area contributed by atoms with E-state index in [4.69, 9.17) is 4.98 Å². The van der Waals surface area contributed by atoms with E-state index in [1.807, 2.05) is 6.20 Å². The molecule has 2 aromatic carbocycles. The van der Waals surface area contributed by atoms with Gasteiger partial charge >= 0.3 is 0 Å². The number of anilines is 2. The number of rotatable bonds is 3. The van der Waals surface area contributed by atoms with Crippen LogP contribution in [-0.2, 0) is 0 Å². The van der Waals surface area contributed by atoms with Crippen molar-refractivity contribution in [2.45, 2.75) is 47.7 Å². The molecule has 29 heavy (non-hydrogen) atoms. The Labute approximate surface area is 174 Å². The zero-order valence-corrected chi connectivity index (χ0v) is 18.2. The molecule has 148 valence electrons. The van der Waals surface area contributed by atoms with Crippen molar-refractivity contribution in [2.24, 2.45) is 0 Å². The van der Waals surface area contributed by atoms with E-state index in [2.05, 4.69) is 106 Å². The molecule has 1 aliphatic heterocycles. The topological polar surface area (TPSA) is 19.4 Å². The monoisotopic (exact) mass is 383 g/mol. The summed E-state index contributed by atoms with van der Waals surface area (Å²) in [6, 6.07) is 15.1. The molecule has 0 N–H and O–H groups in total. The summed E-state index contributed by atoms with van der Waals surface area (Å²) in [7, 11) is 0. The lowest BCUT2D eigenvalue weighted by Gasteiger charge is -2.32. The van der Waals surface area contributed by atoms with Crippen molar-refractivity contribution >= 4 is 11.4 Å². The van der Waals surface area contributed by atoms with E-state index in [9.17, 15) is 0 Å². The average molecular weight is 384 g/mol. The number of aryl methyl sites for hydroxylation is 5. The molecule has 1 aromatic heterocycles. The third-order valence-electron chi connectivity index (χ3n) is 5.99. The minimum atomic E-state index is 0.196. The Hall–Kier alpha value is -3.07. The van der Waals surface area contributed by atoms with Gasteiger partial charge in [-0.3, -0.25) is 4.98 Å². The number of pyridine rings is 1. The maximum atomic E-state index is 4.85. The van der Waals surface area contributed by atoms with E-state index in [1.165, 1.54) is 39.1 Å². The molecule has 0 saturated carbocycles. The Morgan fingerprint density at radius 3 is 1.86 bits per heavy atom. The summed E-state index contributed by atoms with van der Waals surface area (Å²) in [6.45, 7) is 13.1. The first-order chi connectivity index (χ1) is 13.9. The minimum absolute atomic E-state index is 0.196. The number of aromatic nitrogens is 1. The van der Waals surface area contributed by atoms with Crippen LogP contribution in [0.4, 0.5) is 11.4 Å². The largest absolute Gasteiger partial charge is 0.325 e. The molecule has 3 aromatic rings. The summed E-state index contributed by atoms with van der Waals surface area (Å²) < 4.78 is 0. The molecule has 3 nitrogen and oxygen atoms in total. The minimum Gasteiger partial charge on any atom is -0.325 e. The maximum absolute atomic E-state index is 4.85. The first-order valence-corrected chi connectivity index (χ1v) is 10.2. The fourth-order valence-corrected chi connectivity index (χ4v) is 4.46. The molecule has 1 atom stereocenters. The van der Waals surface area contributed by atoms with Gasteiger partial charge in [0.15, 0.2) is 0 Å². The first kappa shape index (κ1) is 19.3. The molecule has 0 spiro atoms. The Kier molecular flexibility index (Phi) is 4.91. The van der Waals surface area contributed by atoms with E-state index >= 15 is 0 Å². The van der Waals surface area contributed by atoms with Crippen molar-refractivity contribution in [1.82, 2.24) is 4.98 Å². The third-order valence-corrected chi connectivity index (χ3v) is 5.99. The lowest BCUT2D eigenvalue weighted by Crippen LogP contribution is -2.37. The van der Waals surface area contributed by atoms with Crippen LogP contribution < -0.4 is 9.80 Å². The normalized spacial score (nSPS) is 16.0. The fraction of sp³-hybridized carbons (Fsp3) is 0.269. The smallest absolute Gasteiger partial charge is 0.107 e. The number of hydrogen-bond donors (Lipinski definition) is 0. The summed E-state index contributed by atoms with van der Waals surface area (Å²) in [4.78, 5) is 9.51. The van der Waals surface area contributed by atoms with Gasteiger partial charge in [0, 0.05) is 23.7 Å². The van der Waals surface area contributed by atoms with Crippen LogP contribution in [0.5, 0.6) is 0 Å². The van der Waals surface area contributed by atoms with Gasteiger partial charge in [0.1, 0.15) is 6.17 Å². The molecule has 3 heteroatoms. The van der Waals surface area contributed by atoms with Crippen molar-refractivity contribution < 1.29 is 0 Å². The summed E-state index contributed by atoms with van der Waals surface area (Å²) in [5.41, 5.74) is 11.1. The number of nitrogens with zero attached hydrogens (tertiary/aromatic N) is 3. The SMILES string of the molecule is Cc1cc(-c2c(C)cccc2C)ncc1N1C=CN(c2c(C)cccc2C)[C@H]1C. The van der Waals surface area contributed by atoms with Crippen molar-refractivity contribution in [3.8, 4) is 11.3 Å². The average Bonchev–Trinajstić information content (AvgIpc) is 3.03. The van der Waals surface area contributed by atoms with Crippen molar-refractivity contribution in [2.75, 3.05) is 9.80 Å². The molecule has 0 radical (unpaired) electrons. The quantitative estimate of drug-likeness (QED) is 0.519. The second kappa shape index (κ2) is 7.40. The molecule has 0 bridgehead atoms. The van der Waals surface area contributed by atoms with Crippen LogP contribution >= 0.6 is 0 Å². The van der Waals surface area contributed by atoms with E-state index in [0.29, 0.717) is 0 Å². The van der Waals surface area contributed by atoms with E-state index in [-0.39, 0.29) is 6.17 Å². The van der Waals surface area contributed by atoms with Gasteiger partial charge in [-0.15, -0.1) is 0 Å². The standard InChI is InChI=1S/C26H29N3/c1-17-9-7-10-18(2)25(17)23-15-21(5)24(16-27-23)28-13-14-29(22(28)6)26-19(3)11-8-12-20(26)4/h7-16,22H,1-6H3/t22-/m0/s1. The zero-order valence-electron chi connectivity index (χ0n) is 18.2. The highest BCUT2D eigenvalue weighted by atomic mass is 15.4. The van der Waals surface area contributed by atoms with Crippen LogP contribution in [0, 0.1) is 34.6 Å². The molecule has 2 heterocycles. The first-order valence-electron chi connectivity index (χ1n) is 10.2. The van der Waals surface area contributed by atoms with Crippen LogP contribution in [0.15, 0.2) is 61.1 Å². The summed E-state index contributed by atoms with van der Waals surface area (Å²) in [5, 5.41) is 0. The van der Waals surface area contributed by atoms with Crippen LogP contribution in [0.1, 0.15) is 34.7 Å². The Bertz CT molecular complexity index is 1060. The highest BCUT2D eigenvalue weighted by Crippen LogP contribution is 2.35. The second-order valence-electron chi connectivity index (χ2n) is 8.11. The van der Waals surface area contributed by atoms with Crippen molar-refractivity contribution in [3.63, 3.8) is 0 Å². The predicted octanol–water partition coefficient (Wildman–Crippen LogP) is 6.43. The molecular weight excluding hydrogens is 354 g/mol. The van der Waals surface area contributed by atoms with Crippen molar-refractivity contribution in [3.05, 3.63) is 88.9 Å². The van der Waals surface area contributed by atoms with Crippen LogP contribution in [0.3, 0.4) is 0 Å². The van der Waals surface area contributed by atoms with Gasteiger partial charge in [-0.05, 0) is 75.4 Å². The summed E-state index contributed by atoms with van der Waals surface area (Å²) in [5.74, 6) is 0. The number of benzene rings is 2. The molecule has 0 saturated heterocycles. The van der Waals surface area contributed by atoms with Crippen LogP contribution in [0.25, 0.3) is 11.3 Å². The van der Waals surface area contributed by atoms with Crippen LogP contribution in [0.2, 0.25) is 0 Å². The lowest BCUT2D eigenvalue weighted by atomic mass is 9.98. The van der Waals surface area contributed by atoms with E-state index < -0.39 is 0 Å². The molecule has 0 amide bonds. The van der Waals surface area contributed by atoms with Gasteiger partial charge in [-0.25, -0.2) is 0 Å². The summed E-state index contributed by atoms with van der Waals surface area (Å²) >= 11 is 0. The second-order valence-corrected chi connectivity index (χ2v) is 8.11.